The van der Waals surface area contributed by atoms with Crippen LogP contribution in [0.15, 0.2) is 80.6 Å². The quantitative estimate of drug-likeness (QED) is 0.0245. The molecule has 8 N–H and O–H groups in total. The average Bonchev–Trinajstić information content (AvgIpc) is 3.24. The van der Waals surface area contributed by atoms with Crippen LogP contribution >= 0.6 is 0 Å². The fourth-order valence-corrected chi connectivity index (χ4v) is 5.17. The second-order valence-electron chi connectivity index (χ2n) is 13.5. The number of hydrogen-bond donors (Lipinski definition) is 4. The Morgan fingerprint density at radius 1 is 0.397 bits per heavy atom. The summed E-state index contributed by atoms with van der Waals surface area (Å²) in [6, 6.07) is 20.3. The van der Waals surface area contributed by atoms with Gasteiger partial charge in [0.1, 0.15) is 23.0 Å². The first-order valence-electron chi connectivity index (χ1n) is 20.6. The molecule has 0 fully saturated rings. The summed E-state index contributed by atoms with van der Waals surface area (Å²) in [5, 5.41) is 0. The Morgan fingerprint density at radius 2 is 0.638 bits per heavy atom. The maximum Gasteiger partial charge on any atom is 0.123 e. The number of ether oxygens (including phenoxy) is 4. The molecule has 3 rings (SSSR count). The third-order valence-electron chi connectivity index (χ3n) is 8.67. The fourth-order valence-electron chi connectivity index (χ4n) is 5.17. The summed E-state index contributed by atoms with van der Waals surface area (Å²) in [5.41, 5.74) is 27.4. The van der Waals surface area contributed by atoms with Gasteiger partial charge >= 0.3 is 0 Å². The Morgan fingerprint density at radius 3 is 0.879 bits per heavy atom. The van der Waals surface area contributed by atoms with Crippen LogP contribution in [0.2, 0.25) is 0 Å². The molecule has 3 aromatic rings. The summed E-state index contributed by atoms with van der Waals surface area (Å²) < 4.78 is 24.4. The number of aliphatic imine (C=N–C) groups is 4. The zero-order valence-electron chi connectivity index (χ0n) is 35.1. The first-order valence-corrected chi connectivity index (χ1v) is 20.6. The molecule has 0 atom stereocenters. The number of hydrogen-bond acceptors (Lipinski definition) is 8. The summed E-state index contributed by atoms with van der Waals surface area (Å²) in [6.07, 6.45) is 14.3. The molecule has 0 saturated heterocycles. The molecule has 314 valence electrons. The van der Waals surface area contributed by atoms with Crippen LogP contribution in [-0.4, -0.2) is 75.9 Å². The van der Waals surface area contributed by atoms with Gasteiger partial charge in [-0.2, -0.15) is 0 Å². The molecule has 0 heterocycles. The third-order valence-corrected chi connectivity index (χ3v) is 8.67. The summed E-state index contributed by atoms with van der Waals surface area (Å²) in [6.45, 7) is 12.6. The molecule has 12 heteroatoms. The molecule has 0 aromatic heterocycles. The summed E-state index contributed by atoms with van der Waals surface area (Å²) in [4.78, 5) is 17.5. The number of nitrogens with zero attached hydrogens (tertiary/aromatic N) is 4. The molecule has 3 aromatic carbocycles. The van der Waals surface area contributed by atoms with Gasteiger partial charge in [0, 0.05) is 89.7 Å². The molecule has 0 aliphatic carbocycles. The van der Waals surface area contributed by atoms with Gasteiger partial charge in [-0.25, -0.2) is 0 Å². The lowest BCUT2D eigenvalue weighted by molar-refractivity contribution is 0.297. The highest BCUT2D eigenvalue weighted by atomic mass is 16.5. The van der Waals surface area contributed by atoms with Gasteiger partial charge in [0.2, 0.25) is 0 Å². The van der Waals surface area contributed by atoms with Crippen molar-refractivity contribution in [3.63, 3.8) is 0 Å². The molecular weight excluding hydrogens is 729 g/mol. The van der Waals surface area contributed by atoms with E-state index in [1.54, 1.807) is 0 Å². The number of amidine groups is 4. The van der Waals surface area contributed by atoms with Crippen molar-refractivity contribution in [2.75, 3.05) is 52.6 Å². The lowest BCUT2D eigenvalue weighted by Crippen LogP contribution is -2.11. The topological polar surface area (TPSA) is 190 Å². The van der Waals surface area contributed by atoms with Crippen molar-refractivity contribution in [3.8, 4) is 23.0 Å². The first-order chi connectivity index (χ1) is 28.2. The Balaban J connectivity index is 1.70. The van der Waals surface area contributed by atoms with E-state index in [9.17, 15) is 0 Å². The summed E-state index contributed by atoms with van der Waals surface area (Å²) in [7, 11) is 0. The summed E-state index contributed by atoms with van der Waals surface area (Å²) in [5.74, 6) is 5.57. The number of benzene rings is 3. The molecule has 58 heavy (non-hydrogen) atoms. The Labute approximate surface area is 346 Å². The fraction of sp³-hybridized carbons (Fsp3) is 0.435. The predicted octanol–water partition coefficient (Wildman–Crippen LogP) is 8.17. The zero-order valence-corrected chi connectivity index (χ0v) is 35.1. The van der Waals surface area contributed by atoms with Crippen LogP contribution in [0.4, 0.5) is 0 Å². The second-order valence-corrected chi connectivity index (χ2v) is 13.5. The van der Waals surface area contributed by atoms with E-state index in [1.165, 1.54) is 0 Å². The SMILES string of the molecule is CCC(N)=NCCCOc1cc(/C=C/c2ccc(/C=C/c3cc(OCCCN=C(N)CC)cc(OCCCN=C(N)CC)c3)cc2)cc(OCCCN=C(N)CC)c1. The second kappa shape index (κ2) is 27.8. The molecule has 0 spiro atoms. The van der Waals surface area contributed by atoms with E-state index >= 15 is 0 Å². The zero-order chi connectivity index (χ0) is 41.8. The highest BCUT2D eigenvalue weighted by Gasteiger charge is 2.05. The Hall–Kier alpha value is -5.78. The lowest BCUT2D eigenvalue weighted by Gasteiger charge is -2.11. The molecule has 0 saturated carbocycles. The summed E-state index contributed by atoms with van der Waals surface area (Å²) >= 11 is 0. The van der Waals surface area contributed by atoms with Gasteiger partial charge in [-0.1, -0.05) is 76.3 Å². The van der Waals surface area contributed by atoms with Crippen molar-refractivity contribution < 1.29 is 18.9 Å². The molecule has 12 nitrogen and oxygen atoms in total. The number of nitrogens with two attached hydrogens (primary N) is 4. The Kier molecular flexibility index (Phi) is 22.3. The van der Waals surface area contributed by atoms with Crippen LogP contribution in [0.3, 0.4) is 0 Å². The van der Waals surface area contributed by atoms with Gasteiger partial charge in [0.15, 0.2) is 0 Å². The van der Waals surface area contributed by atoms with Gasteiger partial charge in [-0.05, 0) is 46.5 Å². The average molecular weight is 795 g/mol. The third kappa shape index (κ3) is 19.9. The molecule has 0 bridgehead atoms. The van der Waals surface area contributed by atoms with E-state index in [0.29, 0.717) is 75.9 Å². The standard InChI is InChI=1S/C46H66N8O4/c1-5-43(47)51-21-9-25-55-39-29-37(30-40(33-39)56-26-10-22-52-44(48)6-2)19-17-35-13-15-36(16-14-35)18-20-38-31-41(57-27-11-23-53-45(49)7-3)34-42(32-38)58-28-12-24-54-46(50)8-4/h13-20,29-34H,5-12,21-28H2,1-4H3,(H2,47,51)(H2,48,52)(H2,49,53)(H2,50,54)/b19-17+,20-18+. The molecule has 0 amide bonds. The normalized spacial score (nSPS) is 12.8. The van der Waals surface area contributed by atoms with Crippen molar-refractivity contribution >= 4 is 47.6 Å². The maximum absolute atomic E-state index is 6.10. The molecule has 0 unspecified atom stereocenters. The highest BCUT2D eigenvalue weighted by molar-refractivity contribution is 5.81. The van der Waals surface area contributed by atoms with Gasteiger partial charge in [-0.15, -0.1) is 0 Å². The van der Waals surface area contributed by atoms with Crippen molar-refractivity contribution in [2.24, 2.45) is 42.9 Å². The van der Waals surface area contributed by atoms with Gasteiger partial charge < -0.3 is 41.9 Å². The van der Waals surface area contributed by atoms with E-state index in [1.807, 2.05) is 64.1 Å². The van der Waals surface area contributed by atoms with Crippen LogP contribution in [-0.2, 0) is 0 Å². The van der Waals surface area contributed by atoms with E-state index in [4.69, 9.17) is 41.9 Å². The molecule has 0 radical (unpaired) electrons. The lowest BCUT2D eigenvalue weighted by atomic mass is 10.1. The van der Waals surface area contributed by atoms with Gasteiger partial charge in [0.05, 0.1) is 49.8 Å². The van der Waals surface area contributed by atoms with Crippen molar-refractivity contribution in [1.29, 1.82) is 0 Å². The van der Waals surface area contributed by atoms with Crippen LogP contribution in [0.1, 0.15) is 101 Å². The molecular formula is C46H66N8O4. The minimum Gasteiger partial charge on any atom is -0.493 e. The van der Waals surface area contributed by atoms with Crippen LogP contribution < -0.4 is 41.9 Å². The number of rotatable bonds is 28. The monoisotopic (exact) mass is 795 g/mol. The molecule has 0 aliphatic heterocycles. The molecule has 0 aliphatic rings. The van der Waals surface area contributed by atoms with Crippen LogP contribution in [0, 0.1) is 0 Å². The predicted molar refractivity (Wildman–Crippen MR) is 245 cm³/mol. The van der Waals surface area contributed by atoms with Crippen molar-refractivity contribution in [1.82, 2.24) is 0 Å². The van der Waals surface area contributed by atoms with Crippen molar-refractivity contribution in [2.45, 2.75) is 79.1 Å². The Bertz CT molecular complexity index is 1610. The first kappa shape index (κ1) is 46.6. The van der Waals surface area contributed by atoms with Crippen molar-refractivity contribution in [3.05, 3.63) is 82.9 Å². The van der Waals surface area contributed by atoms with Crippen LogP contribution in [0.25, 0.3) is 24.3 Å². The van der Waals surface area contributed by atoms with E-state index in [0.717, 1.165) is 96.6 Å². The van der Waals surface area contributed by atoms with E-state index in [2.05, 4.69) is 68.5 Å². The minimum absolute atomic E-state index is 0.522. The van der Waals surface area contributed by atoms with E-state index < -0.39 is 0 Å². The van der Waals surface area contributed by atoms with Gasteiger partial charge in [0.25, 0.3) is 0 Å². The maximum atomic E-state index is 6.10. The smallest absolute Gasteiger partial charge is 0.123 e. The largest absolute Gasteiger partial charge is 0.493 e. The van der Waals surface area contributed by atoms with Gasteiger partial charge in [-0.3, -0.25) is 20.0 Å². The van der Waals surface area contributed by atoms with Crippen LogP contribution in [0.5, 0.6) is 23.0 Å². The highest BCUT2D eigenvalue weighted by Crippen LogP contribution is 2.27. The minimum atomic E-state index is 0.522. The van der Waals surface area contributed by atoms with E-state index in [-0.39, 0.29) is 0 Å².